The summed E-state index contributed by atoms with van der Waals surface area (Å²) in [5, 5.41) is 1.05. The van der Waals surface area contributed by atoms with Crippen molar-refractivity contribution in [2.24, 2.45) is 0 Å². The van der Waals surface area contributed by atoms with Crippen molar-refractivity contribution in [3.8, 4) is 0 Å². The SMILES string of the molecule is CCOC(=O)c1ccc2c(c1)nc1n2CCCS1. The highest BCUT2D eigenvalue weighted by atomic mass is 32.2. The maximum absolute atomic E-state index is 11.7. The van der Waals surface area contributed by atoms with Crippen LogP contribution in [-0.4, -0.2) is 27.9 Å². The Morgan fingerprint density at radius 2 is 2.44 bits per heavy atom. The second kappa shape index (κ2) is 4.65. The molecule has 5 heteroatoms. The fourth-order valence-electron chi connectivity index (χ4n) is 2.16. The highest BCUT2D eigenvalue weighted by molar-refractivity contribution is 7.99. The van der Waals surface area contributed by atoms with Crippen LogP contribution in [0.2, 0.25) is 0 Å². The molecule has 1 aliphatic heterocycles. The molecular weight excluding hydrogens is 248 g/mol. The zero-order valence-corrected chi connectivity index (χ0v) is 11.0. The number of thioether (sulfide) groups is 1. The summed E-state index contributed by atoms with van der Waals surface area (Å²) in [6.07, 6.45) is 1.17. The molecule has 0 saturated heterocycles. The molecular formula is C13H14N2O2S. The molecule has 0 atom stereocenters. The fraction of sp³-hybridized carbons (Fsp3) is 0.385. The topological polar surface area (TPSA) is 44.1 Å². The van der Waals surface area contributed by atoms with Gasteiger partial charge in [-0.3, -0.25) is 0 Å². The molecule has 1 aromatic heterocycles. The van der Waals surface area contributed by atoms with Crippen LogP contribution in [0.4, 0.5) is 0 Å². The minimum atomic E-state index is -0.280. The van der Waals surface area contributed by atoms with Crippen molar-refractivity contribution in [2.75, 3.05) is 12.4 Å². The minimum absolute atomic E-state index is 0.280. The number of rotatable bonds is 2. The lowest BCUT2D eigenvalue weighted by Crippen LogP contribution is -2.06. The molecule has 3 rings (SSSR count). The third kappa shape index (κ3) is 1.88. The summed E-state index contributed by atoms with van der Waals surface area (Å²) in [4.78, 5) is 16.2. The van der Waals surface area contributed by atoms with Gasteiger partial charge in [0.25, 0.3) is 0 Å². The average molecular weight is 262 g/mol. The number of imidazole rings is 1. The Balaban J connectivity index is 2.05. The predicted molar refractivity (Wildman–Crippen MR) is 71.0 cm³/mol. The summed E-state index contributed by atoms with van der Waals surface area (Å²) < 4.78 is 7.22. The molecule has 1 aromatic carbocycles. The van der Waals surface area contributed by atoms with Gasteiger partial charge in [0, 0.05) is 12.3 Å². The van der Waals surface area contributed by atoms with E-state index < -0.39 is 0 Å². The number of benzene rings is 1. The van der Waals surface area contributed by atoms with E-state index in [-0.39, 0.29) is 5.97 Å². The maximum atomic E-state index is 11.7. The van der Waals surface area contributed by atoms with Crippen molar-refractivity contribution in [1.29, 1.82) is 0 Å². The fourth-order valence-corrected chi connectivity index (χ4v) is 3.13. The maximum Gasteiger partial charge on any atom is 0.338 e. The van der Waals surface area contributed by atoms with Gasteiger partial charge in [-0.15, -0.1) is 0 Å². The van der Waals surface area contributed by atoms with Gasteiger partial charge in [0.05, 0.1) is 23.2 Å². The molecule has 0 spiro atoms. The molecule has 1 aliphatic rings. The van der Waals surface area contributed by atoms with Crippen molar-refractivity contribution < 1.29 is 9.53 Å². The Morgan fingerprint density at radius 3 is 3.28 bits per heavy atom. The first-order chi connectivity index (χ1) is 8.79. The quantitative estimate of drug-likeness (QED) is 0.781. The Labute approximate surface area is 109 Å². The third-order valence-corrected chi connectivity index (χ3v) is 4.04. The van der Waals surface area contributed by atoms with E-state index in [2.05, 4.69) is 9.55 Å². The summed E-state index contributed by atoms with van der Waals surface area (Å²) in [6, 6.07) is 5.59. The summed E-state index contributed by atoms with van der Waals surface area (Å²) >= 11 is 1.77. The van der Waals surface area contributed by atoms with Gasteiger partial charge in [-0.25, -0.2) is 9.78 Å². The van der Waals surface area contributed by atoms with E-state index in [1.807, 2.05) is 25.1 Å². The monoisotopic (exact) mass is 262 g/mol. The molecule has 0 bridgehead atoms. The molecule has 0 fully saturated rings. The number of fused-ring (bicyclic) bond motifs is 3. The van der Waals surface area contributed by atoms with Gasteiger partial charge in [-0.1, -0.05) is 11.8 Å². The Morgan fingerprint density at radius 1 is 1.56 bits per heavy atom. The summed E-state index contributed by atoms with van der Waals surface area (Å²) in [6.45, 7) is 3.21. The minimum Gasteiger partial charge on any atom is -0.462 e. The number of ether oxygens (including phenoxy) is 1. The van der Waals surface area contributed by atoms with Crippen molar-refractivity contribution in [3.05, 3.63) is 23.8 Å². The second-order valence-electron chi connectivity index (χ2n) is 4.17. The Hall–Kier alpha value is -1.49. The first kappa shape index (κ1) is 11.6. The summed E-state index contributed by atoms with van der Waals surface area (Å²) in [5.41, 5.74) is 2.56. The normalized spacial score (nSPS) is 14.5. The first-order valence-electron chi connectivity index (χ1n) is 6.10. The van der Waals surface area contributed by atoms with Gasteiger partial charge >= 0.3 is 5.97 Å². The molecule has 2 aromatic rings. The molecule has 0 amide bonds. The van der Waals surface area contributed by atoms with Crippen LogP contribution in [0, 0.1) is 0 Å². The van der Waals surface area contributed by atoms with Crippen LogP contribution >= 0.6 is 11.8 Å². The van der Waals surface area contributed by atoms with Crippen molar-refractivity contribution >= 4 is 28.8 Å². The van der Waals surface area contributed by atoms with Crippen LogP contribution in [0.15, 0.2) is 23.4 Å². The molecule has 0 radical (unpaired) electrons. The Bertz CT molecular complexity index is 606. The van der Waals surface area contributed by atoms with Gasteiger partial charge in [-0.05, 0) is 31.5 Å². The molecule has 0 unspecified atom stereocenters. The standard InChI is InChI=1S/C13H14N2O2S/c1-2-17-12(16)9-4-5-11-10(8-9)14-13-15(11)6-3-7-18-13/h4-5,8H,2-3,6-7H2,1H3. The number of nitrogens with zero attached hydrogens (tertiary/aromatic N) is 2. The second-order valence-corrected chi connectivity index (χ2v) is 5.23. The zero-order chi connectivity index (χ0) is 12.5. The largest absolute Gasteiger partial charge is 0.462 e. The summed E-state index contributed by atoms with van der Waals surface area (Å²) in [5.74, 6) is 0.839. The van der Waals surface area contributed by atoms with Crippen LogP contribution in [0.3, 0.4) is 0 Å². The number of hydrogen-bond acceptors (Lipinski definition) is 4. The average Bonchev–Trinajstić information content (AvgIpc) is 2.76. The van der Waals surface area contributed by atoms with E-state index in [0.717, 1.165) is 28.5 Å². The number of esters is 1. The first-order valence-corrected chi connectivity index (χ1v) is 7.08. The van der Waals surface area contributed by atoms with Crippen molar-refractivity contribution in [3.63, 3.8) is 0 Å². The smallest absolute Gasteiger partial charge is 0.338 e. The van der Waals surface area contributed by atoms with Gasteiger partial charge in [0.2, 0.25) is 0 Å². The molecule has 4 nitrogen and oxygen atoms in total. The number of carbonyl (C=O) groups excluding carboxylic acids is 1. The molecule has 18 heavy (non-hydrogen) atoms. The lowest BCUT2D eigenvalue weighted by Gasteiger charge is -2.13. The van der Waals surface area contributed by atoms with E-state index in [1.54, 1.807) is 11.8 Å². The van der Waals surface area contributed by atoms with Crippen LogP contribution in [0.5, 0.6) is 0 Å². The van der Waals surface area contributed by atoms with Crippen LogP contribution in [0.1, 0.15) is 23.7 Å². The van der Waals surface area contributed by atoms with Crippen molar-refractivity contribution in [1.82, 2.24) is 9.55 Å². The Kier molecular flexibility index (Phi) is 2.99. The predicted octanol–water partition coefficient (Wildman–Crippen LogP) is 2.71. The molecule has 0 saturated carbocycles. The van der Waals surface area contributed by atoms with Gasteiger partial charge < -0.3 is 9.30 Å². The van der Waals surface area contributed by atoms with Crippen LogP contribution in [-0.2, 0) is 11.3 Å². The van der Waals surface area contributed by atoms with Crippen LogP contribution in [0.25, 0.3) is 11.0 Å². The zero-order valence-electron chi connectivity index (χ0n) is 10.2. The number of aromatic nitrogens is 2. The third-order valence-electron chi connectivity index (χ3n) is 2.98. The van der Waals surface area contributed by atoms with E-state index in [9.17, 15) is 4.79 Å². The highest BCUT2D eigenvalue weighted by Crippen LogP contribution is 2.29. The molecule has 0 aliphatic carbocycles. The van der Waals surface area contributed by atoms with E-state index in [1.165, 1.54) is 6.42 Å². The van der Waals surface area contributed by atoms with E-state index >= 15 is 0 Å². The van der Waals surface area contributed by atoms with Gasteiger partial charge in [-0.2, -0.15) is 0 Å². The van der Waals surface area contributed by atoms with Gasteiger partial charge in [0.1, 0.15) is 0 Å². The molecule has 94 valence electrons. The van der Waals surface area contributed by atoms with Crippen LogP contribution < -0.4 is 0 Å². The van der Waals surface area contributed by atoms with Gasteiger partial charge in [0.15, 0.2) is 5.16 Å². The number of hydrogen-bond donors (Lipinski definition) is 0. The summed E-state index contributed by atoms with van der Waals surface area (Å²) in [7, 11) is 0. The van der Waals surface area contributed by atoms with E-state index in [4.69, 9.17) is 4.74 Å². The molecule has 2 heterocycles. The lowest BCUT2D eigenvalue weighted by atomic mass is 10.2. The van der Waals surface area contributed by atoms with Crippen molar-refractivity contribution in [2.45, 2.75) is 25.0 Å². The number of aryl methyl sites for hydroxylation is 1. The van der Waals surface area contributed by atoms with E-state index in [0.29, 0.717) is 12.2 Å². The molecule has 0 N–H and O–H groups in total. The number of carbonyl (C=O) groups is 1. The highest BCUT2D eigenvalue weighted by Gasteiger charge is 2.16. The lowest BCUT2D eigenvalue weighted by molar-refractivity contribution is 0.0526.